The highest BCUT2D eigenvalue weighted by Gasteiger charge is 2.38. The monoisotopic (exact) mass is 241 g/mol. The molecule has 0 heterocycles. The molecule has 1 amide bonds. The van der Waals surface area contributed by atoms with Crippen LogP contribution in [-0.2, 0) is 9.53 Å². The summed E-state index contributed by atoms with van der Waals surface area (Å²) in [7, 11) is 1.30. The van der Waals surface area contributed by atoms with Crippen LogP contribution in [0.4, 0.5) is 13.2 Å². The first kappa shape index (κ1) is 15.2. The molecule has 0 unspecified atom stereocenters. The van der Waals surface area contributed by atoms with E-state index in [1.165, 1.54) is 21.0 Å². The molecule has 0 N–H and O–H groups in total. The van der Waals surface area contributed by atoms with Crippen molar-refractivity contribution in [1.82, 2.24) is 4.90 Å². The van der Waals surface area contributed by atoms with E-state index < -0.39 is 24.2 Å². The van der Waals surface area contributed by atoms with E-state index in [9.17, 15) is 18.0 Å². The third kappa shape index (κ3) is 4.83. The Labute approximate surface area is 93.6 Å². The second kappa shape index (κ2) is 5.52. The second-order valence-corrected chi connectivity index (χ2v) is 4.06. The first-order chi connectivity index (χ1) is 7.14. The van der Waals surface area contributed by atoms with Crippen molar-refractivity contribution in [2.75, 3.05) is 20.2 Å². The van der Waals surface area contributed by atoms with Crippen LogP contribution in [0.3, 0.4) is 0 Å². The Morgan fingerprint density at radius 1 is 1.31 bits per heavy atom. The number of ether oxygens (including phenoxy) is 1. The molecule has 0 saturated heterocycles. The summed E-state index contributed by atoms with van der Waals surface area (Å²) >= 11 is 0. The molecule has 0 aromatic carbocycles. The van der Waals surface area contributed by atoms with Gasteiger partial charge in [0.1, 0.15) is 12.1 Å². The van der Waals surface area contributed by atoms with E-state index in [1.807, 2.05) is 0 Å². The van der Waals surface area contributed by atoms with Crippen molar-refractivity contribution < 1.29 is 22.7 Å². The van der Waals surface area contributed by atoms with Crippen LogP contribution in [-0.4, -0.2) is 42.8 Å². The molecule has 0 aromatic rings. The molecule has 0 saturated carbocycles. The van der Waals surface area contributed by atoms with E-state index in [-0.39, 0.29) is 6.54 Å². The van der Waals surface area contributed by atoms with Gasteiger partial charge in [0.2, 0.25) is 0 Å². The lowest BCUT2D eigenvalue weighted by molar-refractivity contribution is -0.173. The topological polar surface area (TPSA) is 29.5 Å². The number of nitrogens with zero attached hydrogens (tertiary/aromatic N) is 1. The Balaban J connectivity index is 4.72. The molecule has 0 aliphatic carbocycles. The maximum atomic E-state index is 12.2. The third-order valence-corrected chi connectivity index (χ3v) is 2.18. The highest BCUT2D eigenvalue weighted by Crippen LogP contribution is 2.20. The fraction of sp³-hybridized carbons (Fsp3) is 0.900. The molecule has 0 fully saturated rings. The molecule has 96 valence electrons. The van der Waals surface area contributed by atoms with Crippen molar-refractivity contribution in [2.45, 2.75) is 39.0 Å². The number of alkyl halides is 3. The van der Waals surface area contributed by atoms with Gasteiger partial charge in [0, 0.05) is 13.7 Å². The van der Waals surface area contributed by atoms with Crippen LogP contribution in [0.5, 0.6) is 0 Å². The van der Waals surface area contributed by atoms with Gasteiger partial charge in [-0.15, -0.1) is 0 Å². The van der Waals surface area contributed by atoms with Crippen molar-refractivity contribution in [3.63, 3.8) is 0 Å². The number of amides is 1. The number of methoxy groups -OCH3 is 1. The number of carbonyl (C=O) groups excluding carboxylic acids is 1. The SMILES string of the molecule is CCCN(CC(F)(F)F)C(=O)C(C)(C)OC. The molecule has 0 bridgehead atoms. The predicted octanol–water partition coefficient (Wildman–Crippen LogP) is 2.21. The van der Waals surface area contributed by atoms with Gasteiger partial charge < -0.3 is 9.64 Å². The summed E-state index contributed by atoms with van der Waals surface area (Å²) < 4.78 is 41.6. The lowest BCUT2D eigenvalue weighted by Gasteiger charge is -2.31. The maximum absolute atomic E-state index is 12.2. The van der Waals surface area contributed by atoms with Crippen LogP contribution in [0.2, 0.25) is 0 Å². The smallest absolute Gasteiger partial charge is 0.369 e. The highest BCUT2D eigenvalue weighted by atomic mass is 19.4. The molecular weight excluding hydrogens is 223 g/mol. The average Bonchev–Trinajstić information content (AvgIpc) is 2.14. The molecule has 0 aliphatic heterocycles. The molecule has 0 rings (SSSR count). The Morgan fingerprint density at radius 3 is 2.12 bits per heavy atom. The number of hydrogen-bond acceptors (Lipinski definition) is 2. The maximum Gasteiger partial charge on any atom is 0.406 e. The molecule has 16 heavy (non-hydrogen) atoms. The summed E-state index contributed by atoms with van der Waals surface area (Å²) in [4.78, 5) is 12.5. The standard InChI is InChI=1S/C10H18F3NO2/c1-5-6-14(7-10(11,12)13)8(15)9(2,3)16-4/h5-7H2,1-4H3. The van der Waals surface area contributed by atoms with Crippen LogP contribution >= 0.6 is 0 Å². The summed E-state index contributed by atoms with van der Waals surface area (Å²) in [6, 6.07) is 0. The number of halogens is 3. The van der Waals surface area contributed by atoms with E-state index in [1.54, 1.807) is 6.92 Å². The van der Waals surface area contributed by atoms with Crippen molar-refractivity contribution >= 4 is 5.91 Å². The molecular formula is C10H18F3NO2. The van der Waals surface area contributed by atoms with E-state index in [0.29, 0.717) is 6.42 Å². The third-order valence-electron chi connectivity index (χ3n) is 2.18. The number of hydrogen-bond donors (Lipinski definition) is 0. The quantitative estimate of drug-likeness (QED) is 0.738. The van der Waals surface area contributed by atoms with Gasteiger partial charge in [-0.05, 0) is 20.3 Å². The molecule has 0 aliphatic rings. The largest absolute Gasteiger partial charge is 0.406 e. The first-order valence-electron chi connectivity index (χ1n) is 5.05. The van der Waals surface area contributed by atoms with Gasteiger partial charge in [-0.1, -0.05) is 6.92 Å². The summed E-state index contributed by atoms with van der Waals surface area (Å²) in [5, 5.41) is 0. The summed E-state index contributed by atoms with van der Waals surface area (Å²) in [5.74, 6) is -0.644. The van der Waals surface area contributed by atoms with E-state index in [2.05, 4.69) is 0 Å². The zero-order chi connectivity index (χ0) is 13.0. The fourth-order valence-corrected chi connectivity index (χ4v) is 1.21. The van der Waals surface area contributed by atoms with Crippen molar-refractivity contribution in [3.8, 4) is 0 Å². The van der Waals surface area contributed by atoms with Crippen molar-refractivity contribution in [1.29, 1.82) is 0 Å². The minimum atomic E-state index is -4.38. The normalized spacial score (nSPS) is 12.7. The molecule has 0 aromatic heterocycles. The predicted molar refractivity (Wildman–Crippen MR) is 54.0 cm³/mol. The van der Waals surface area contributed by atoms with Gasteiger partial charge >= 0.3 is 6.18 Å². The summed E-state index contributed by atoms with van der Waals surface area (Å²) in [6.07, 6.45) is -3.91. The fourth-order valence-electron chi connectivity index (χ4n) is 1.21. The Kier molecular flexibility index (Phi) is 5.25. The van der Waals surface area contributed by atoms with Gasteiger partial charge in [-0.25, -0.2) is 0 Å². The first-order valence-corrected chi connectivity index (χ1v) is 5.05. The highest BCUT2D eigenvalue weighted by molar-refractivity contribution is 5.84. The lowest BCUT2D eigenvalue weighted by atomic mass is 10.1. The zero-order valence-electron chi connectivity index (χ0n) is 10.0. The molecule has 0 atom stereocenters. The number of rotatable bonds is 5. The van der Waals surface area contributed by atoms with Gasteiger partial charge in [-0.2, -0.15) is 13.2 Å². The lowest BCUT2D eigenvalue weighted by Crippen LogP contribution is -2.49. The number of carbonyl (C=O) groups is 1. The zero-order valence-corrected chi connectivity index (χ0v) is 10.0. The van der Waals surface area contributed by atoms with Crippen LogP contribution in [0, 0.1) is 0 Å². The van der Waals surface area contributed by atoms with E-state index >= 15 is 0 Å². The Hall–Kier alpha value is -0.780. The van der Waals surface area contributed by atoms with Crippen molar-refractivity contribution in [3.05, 3.63) is 0 Å². The van der Waals surface area contributed by atoms with Crippen LogP contribution < -0.4 is 0 Å². The molecule has 3 nitrogen and oxygen atoms in total. The summed E-state index contributed by atoms with van der Waals surface area (Å²) in [5.41, 5.74) is -1.22. The van der Waals surface area contributed by atoms with Gasteiger partial charge in [0.25, 0.3) is 5.91 Å². The molecule has 6 heteroatoms. The van der Waals surface area contributed by atoms with Crippen LogP contribution in [0.25, 0.3) is 0 Å². The average molecular weight is 241 g/mol. The van der Waals surface area contributed by atoms with Crippen LogP contribution in [0.15, 0.2) is 0 Å². The van der Waals surface area contributed by atoms with E-state index in [4.69, 9.17) is 4.74 Å². The molecule has 0 radical (unpaired) electrons. The Bertz CT molecular complexity index is 239. The van der Waals surface area contributed by atoms with Crippen LogP contribution in [0.1, 0.15) is 27.2 Å². The van der Waals surface area contributed by atoms with Gasteiger partial charge in [0.15, 0.2) is 0 Å². The molecule has 0 spiro atoms. The van der Waals surface area contributed by atoms with Gasteiger partial charge in [0.05, 0.1) is 0 Å². The van der Waals surface area contributed by atoms with Crippen molar-refractivity contribution in [2.24, 2.45) is 0 Å². The minimum absolute atomic E-state index is 0.0745. The minimum Gasteiger partial charge on any atom is -0.369 e. The Morgan fingerprint density at radius 2 is 1.81 bits per heavy atom. The summed E-state index contributed by atoms with van der Waals surface area (Å²) in [6.45, 7) is 3.47. The second-order valence-electron chi connectivity index (χ2n) is 4.06. The van der Waals surface area contributed by atoms with Gasteiger partial charge in [-0.3, -0.25) is 4.79 Å². The van der Waals surface area contributed by atoms with E-state index in [0.717, 1.165) is 4.90 Å².